The lowest BCUT2D eigenvalue weighted by molar-refractivity contribution is -0.175. The molecule has 36 heavy (non-hydrogen) atoms. The average molecular weight is 493 g/mol. The Morgan fingerprint density at radius 2 is 1.94 bits per heavy atom. The monoisotopic (exact) mass is 492 g/mol. The van der Waals surface area contributed by atoms with E-state index < -0.39 is 5.60 Å². The highest BCUT2D eigenvalue weighted by atomic mass is 16.5. The van der Waals surface area contributed by atoms with Gasteiger partial charge in [-0.1, -0.05) is 19.1 Å². The maximum atomic E-state index is 13.8. The number of fused-ring (bicyclic) bond motifs is 6. The highest BCUT2D eigenvalue weighted by Crippen LogP contribution is 2.68. The van der Waals surface area contributed by atoms with Crippen LogP contribution >= 0.6 is 0 Å². The quantitative estimate of drug-likeness (QED) is 0.560. The first kappa shape index (κ1) is 24.6. The van der Waals surface area contributed by atoms with Crippen LogP contribution in [0.15, 0.2) is 24.4 Å². The molecule has 1 aromatic heterocycles. The summed E-state index contributed by atoms with van der Waals surface area (Å²) in [6, 6.07) is 6.36. The van der Waals surface area contributed by atoms with Gasteiger partial charge in [0.2, 0.25) is 0 Å². The first-order valence-corrected chi connectivity index (χ1v) is 14.3. The van der Waals surface area contributed by atoms with Crippen molar-refractivity contribution >= 4 is 16.7 Å². The zero-order chi connectivity index (χ0) is 25.3. The van der Waals surface area contributed by atoms with Crippen LogP contribution < -0.4 is 0 Å². The van der Waals surface area contributed by atoms with E-state index >= 15 is 0 Å². The molecule has 1 N–H and O–H groups in total. The topological polar surface area (TPSA) is 64.3 Å². The van der Waals surface area contributed by atoms with Gasteiger partial charge >= 0.3 is 0 Å². The van der Waals surface area contributed by atoms with Crippen molar-refractivity contribution in [3.05, 3.63) is 30.0 Å². The van der Waals surface area contributed by atoms with Crippen molar-refractivity contribution < 1.29 is 14.6 Å². The number of methoxy groups -OCH3 is 1. The van der Waals surface area contributed by atoms with Gasteiger partial charge in [-0.3, -0.25) is 9.48 Å². The van der Waals surface area contributed by atoms with Crippen LogP contribution in [0.25, 0.3) is 10.9 Å². The molecule has 6 rings (SSSR count). The van der Waals surface area contributed by atoms with E-state index in [0.717, 1.165) is 49.6 Å². The van der Waals surface area contributed by atoms with Crippen molar-refractivity contribution in [3.8, 4) is 0 Å². The number of carbonyl (C=O) groups excluding carboxylic acids is 1. The number of ketones is 1. The second-order valence-corrected chi connectivity index (χ2v) is 13.5. The van der Waals surface area contributed by atoms with E-state index in [-0.39, 0.29) is 16.7 Å². The fourth-order valence-electron chi connectivity index (χ4n) is 9.88. The zero-order valence-electron chi connectivity index (χ0n) is 22.6. The highest BCUT2D eigenvalue weighted by Gasteiger charge is 2.63. The summed E-state index contributed by atoms with van der Waals surface area (Å²) in [5.41, 5.74) is 2.04. The summed E-state index contributed by atoms with van der Waals surface area (Å²) in [6.07, 6.45) is 11.8. The van der Waals surface area contributed by atoms with E-state index in [1.165, 1.54) is 31.2 Å². The van der Waals surface area contributed by atoms with Crippen LogP contribution in [0.5, 0.6) is 0 Å². The molecular formula is C31H44N2O3. The minimum Gasteiger partial charge on any atom is -0.390 e. The van der Waals surface area contributed by atoms with E-state index in [1.807, 2.05) is 24.9 Å². The van der Waals surface area contributed by atoms with Gasteiger partial charge in [-0.25, -0.2) is 0 Å². The number of nitrogens with zero attached hydrogens (tertiary/aromatic N) is 2. The molecule has 4 aliphatic carbocycles. The molecule has 5 nitrogen and oxygen atoms in total. The summed E-state index contributed by atoms with van der Waals surface area (Å²) in [4.78, 5) is 13.8. The number of hydrogen-bond acceptors (Lipinski definition) is 4. The van der Waals surface area contributed by atoms with Crippen molar-refractivity contribution in [3.63, 3.8) is 0 Å². The average Bonchev–Trinajstić information content (AvgIpc) is 3.39. The molecule has 0 aliphatic heterocycles. The Kier molecular flexibility index (Phi) is 5.92. The van der Waals surface area contributed by atoms with E-state index in [1.54, 1.807) is 0 Å². The lowest BCUT2D eigenvalue weighted by Crippen LogP contribution is -2.58. The molecule has 8 atom stereocenters. The first-order chi connectivity index (χ1) is 17.2. The third kappa shape index (κ3) is 3.71. The van der Waals surface area contributed by atoms with E-state index in [4.69, 9.17) is 4.74 Å². The Hall–Kier alpha value is -1.72. The van der Waals surface area contributed by atoms with E-state index in [0.29, 0.717) is 36.0 Å². The molecule has 0 saturated heterocycles. The second-order valence-electron chi connectivity index (χ2n) is 13.5. The lowest BCUT2D eigenvalue weighted by Gasteiger charge is -2.62. The minimum atomic E-state index is -0.530. The third-order valence-corrected chi connectivity index (χ3v) is 11.6. The van der Waals surface area contributed by atoms with Crippen LogP contribution in [-0.4, -0.2) is 40.0 Å². The van der Waals surface area contributed by atoms with Crippen LogP contribution in [0.1, 0.15) is 77.2 Å². The summed E-state index contributed by atoms with van der Waals surface area (Å²) in [6.45, 7) is 7.78. The van der Waals surface area contributed by atoms with Crippen molar-refractivity contribution in [2.75, 3.05) is 13.7 Å². The molecular weight excluding hydrogens is 448 g/mol. The van der Waals surface area contributed by atoms with E-state index in [9.17, 15) is 9.90 Å². The lowest BCUT2D eigenvalue weighted by atomic mass is 9.43. The summed E-state index contributed by atoms with van der Waals surface area (Å²) in [5, 5.41) is 16.6. The number of aryl methyl sites for hydroxylation is 1. The Balaban J connectivity index is 1.24. The van der Waals surface area contributed by atoms with Crippen molar-refractivity contribution in [2.24, 2.45) is 40.4 Å². The molecule has 0 bridgehead atoms. The number of benzene rings is 1. The Labute approximate surface area is 216 Å². The molecule has 0 amide bonds. The van der Waals surface area contributed by atoms with Gasteiger partial charge in [0.1, 0.15) is 6.54 Å². The second kappa shape index (κ2) is 8.66. The number of ether oxygens (including phenoxy) is 1. The van der Waals surface area contributed by atoms with Crippen molar-refractivity contribution in [1.29, 1.82) is 0 Å². The zero-order valence-corrected chi connectivity index (χ0v) is 22.6. The molecule has 4 aliphatic rings. The van der Waals surface area contributed by atoms with Gasteiger partial charge in [0.25, 0.3) is 0 Å². The van der Waals surface area contributed by atoms with Gasteiger partial charge in [0, 0.05) is 18.4 Å². The number of Topliss-reactive ketones (excluding diaryl/α,β-unsaturated/α-hetero) is 1. The maximum Gasteiger partial charge on any atom is 0.157 e. The van der Waals surface area contributed by atoms with Gasteiger partial charge in [-0.2, -0.15) is 5.10 Å². The highest BCUT2D eigenvalue weighted by molar-refractivity contribution is 5.85. The largest absolute Gasteiger partial charge is 0.390 e. The summed E-state index contributed by atoms with van der Waals surface area (Å²) < 4.78 is 7.84. The molecule has 196 valence electrons. The molecule has 1 aromatic carbocycles. The molecule has 2 aromatic rings. The van der Waals surface area contributed by atoms with Crippen LogP contribution in [0.4, 0.5) is 0 Å². The third-order valence-electron chi connectivity index (χ3n) is 11.6. The number of rotatable bonds is 5. The smallest absolute Gasteiger partial charge is 0.157 e. The van der Waals surface area contributed by atoms with Gasteiger partial charge < -0.3 is 9.84 Å². The van der Waals surface area contributed by atoms with Crippen LogP contribution in [0.2, 0.25) is 0 Å². The van der Waals surface area contributed by atoms with Gasteiger partial charge in [0.15, 0.2) is 5.78 Å². The number of hydrogen-bond donors (Lipinski definition) is 1. The van der Waals surface area contributed by atoms with E-state index in [2.05, 4.69) is 37.1 Å². The Bertz CT molecular complexity index is 1150. The van der Waals surface area contributed by atoms with Gasteiger partial charge in [0.05, 0.1) is 23.9 Å². The predicted molar refractivity (Wildman–Crippen MR) is 142 cm³/mol. The fraction of sp³-hybridized carbons (Fsp3) is 0.742. The summed E-state index contributed by atoms with van der Waals surface area (Å²) in [7, 11) is 1.86. The summed E-state index contributed by atoms with van der Waals surface area (Å²) in [5.74, 6) is 3.04. The molecule has 0 spiro atoms. The standard InChI is InChI=1S/C31H44N2O3/c1-20-5-6-21-17-32-33(27(21)15-20)18-28(34)26-10-9-24-23-8-7-22-16-29(2,35)13-14-31(22,19-36-4)25(23)11-12-30(24,26)3/h5-6,15,17,22-26,35H,7-14,16,18-19H2,1-4H3/t22-,23+,24+,25+,26-,29-,30+,31-/m1/s1. The first-order valence-electron chi connectivity index (χ1n) is 14.3. The maximum absolute atomic E-state index is 13.8. The number of aromatic nitrogens is 2. The molecule has 0 unspecified atom stereocenters. The molecule has 1 heterocycles. The van der Waals surface area contributed by atoms with Crippen molar-refractivity contribution in [1.82, 2.24) is 9.78 Å². The predicted octanol–water partition coefficient (Wildman–Crippen LogP) is 5.95. The normalized spacial score (nSPS) is 42.1. The summed E-state index contributed by atoms with van der Waals surface area (Å²) >= 11 is 0. The van der Waals surface area contributed by atoms with Crippen LogP contribution in [-0.2, 0) is 16.1 Å². The van der Waals surface area contributed by atoms with Crippen LogP contribution in [0, 0.1) is 47.3 Å². The molecule has 4 saturated carbocycles. The number of carbonyl (C=O) groups is 1. The van der Waals surface area contributed by atoms with Crippen molar-refractivity contribution in [2.45, 2.75) is 90.7 Å². The molecule has 0 radical (unpaired) electrons. The van der Waals surface area contributed by atoms with Gasteiger partial charge in [-0.15, -0.1) is 0 Å². The molecule has 4 fully saturated rings. The van der Waals surface area contributed by atoms with Gasteiger partial charge in [-0.05, 0) is 118 Å². The van der Waals surface area contributed by atoms with Crippen LogP contribution in [0.3, 0.4) is 0 Å². The SMILES string of the molecule is COC[C@]12CC[C@@](C)(O)C[C@H]1CC[C@H]1[C@@H]3CC[C@H](C(=O)Cn4ncc5ccc(C)cc54)[C@@]3(C)CC[C@@H]12. The Morgan fingerprint density at radius 1 is 1.11 bits per heavy atom. The molecule has 5 heteroatoms. The Morgan fingerprint density at radius 3 is 2.75 bits per heavy atom. The number of aliphatic hydroxyl groups is 1. The minimum absolute atomic E-state index is 0.0956. The fourth-order valence-corrected chi connectivity index (χ4v) is 9.88.